The number of nitrogens with one attached hydrogen (secondary N) is 2. The molecule has 0 aliphatic carbocycles. The molecule has 0 radical (unpaired) electrons. The molecule has 2 rings (SSSR count). The lowest BCUT2D eigenvalue weighted by molar-refractivity contribution is -0.384. The molecule has 0 saturated carbocycles. The van der Waals surface area contributed by atoms with Gasteiger partial charge < -0.3 is 15.4 Å². The van der Waals surface area contributed by atoms with Crippen LogP contribution in [0.4, 0.5) is 11.4 Å². The minimum absolute atomic E-state index is 0.0301. The summed E-state index contributed by atoms with van der Waals surface area (Å²) in [5.74, 6) is -1.36. The number of hydrogen-bond donors (Lipinski definition) is 2. The van der Waals surface area contributed by atoms with Gasteiger partial charge in [-0.1, -0.05) is 29.8 Å². The smallest absolute Gasteiger partial charge is 0.341 e. The van der Waals surface area contributed by atoms with Gasteiger partial charge in [0.05, 0.1) is 10.5 Å². The van der Waals surface area contributed by atoms with Gasteiger partial charge in [-0.15, -0.1) is 0 Å². The zero-order valence-corrected chi connectivity index (χ0v) is 15.4. The van der Waals surface area contributed by atoms with Crippen molar-refractivity contribution < 1.29 is 19.2 Å². The highest BCUT2D eigenvalue weighted by molar-refractivity contribution is 6.31. The number of hydrogen-bond acceptors (Lipinski definition) is 6. The van der Waals surface area contributed by atoms with Gasteiger partial charge in [0.1, 0.15) is 0 Å². The summed E-state index contributed by atoms with van der Waals surface area (Å²) in [6.45, 7) is 1.59. The quantitative estimate of drug-likeness (QED) is 0.426. The number of nitro benzene ring substituents is 1. The van der Waals surface area contributed by atoms with E-state index in [1.54, 1.807) is 31.3 Å². The fourth-order valence-corrected chi connectivity index (χ4v) is 2.48. The predicted octanol–water partition coefficient (Wildman–Crippen LogP) is 3.15. The molecule has 0 heterocycles. The zero-order valence-electron chi connectivity index (χ0n) is 14.7. The molecule has 2 N–H and O–H groups in total. The standard InChI is InChI=1S/C18H18ClN3O5/c1-11(17(23)21-10-12-5-3-4-6-15(12)19)27-18(24)14-9-13(22(25)26)7-8-16(14)20-2/h3-9,11,20H,10H2,1-2H3,(H,21,23)/t11-/m1/s1. The van der Waals surface area contributed by atoms with Crippen LogP contribution in [0.25, 0.3) is 0 Å². The second-order valence-corrected chi connectivity index (χ2v) is 6.00. The van der Waals surface area contributed by atoms with Crippen LogP contribution in [0.15, 0.2) is 42.5 Å². The van der Waals surface area contributed by atoms with Crippen LogP contribution in [0.2, 0.25) is 5.02 Å². The van der Waals surface area contributed by atoms with Gasteiger partial charge in [-0.05, 0) is 24.6 Å². The number of rotatable bonds is 7. The molecule has 9 heteroatoms. The summed E-state index contributed by atoms with van der Waals surface area (Å²) in [4.78, 5) is 34.8. The van der Waals surface area contributed by atoms with Crippen molar-refractivity contribution >= 4 is 34.9 Å². The molecule has 0 aromatic heterocycles. The molecule has 0 unspecified atom stereocenters. The van der Waals surface area contributed by atoms with E-state index >= 15 is 0 Å². The first-order valence-electron chi connectivity index (χ1n) is 8.01. The zero-order chi connectivity index (χ0) is 20.0. The lowest BCUT2D eigenvalue weighted by Gasteiger charge is -2.15. The molecular formula is C18H18ClN3O5. The number of ether oxygens (including phenoxy) is 1. The number of halogens is 1. The first-order valence-corrected chi connectivity index (χ1v) is 8.39. The van der Waals surface area contributed by atoms with Crippen LogP contribution in [-0.2, 0) is 16.1 Å². The van der Waals surface area contributed by atoms with E-state index in [1.807, 2.05) is 0 Å². The third-order valence-electron chi connectivity index (χ3n) is 3.77. The van der Waals surface area contributed by atoms with Gasteiger partial charge in [0.15, 0.2) is 6.10 Å². The molecule has 0 bridgehead atoms. The van der Waals surface area contributed by atoms with Crippen LogP contribution in [0.5, 0.6) is 0 Å². The summed E-state index contributed by atoms with van der Waals surface area (Å²) in [5.41, 5.74) is 0.797. The highest BCUT2D eigenvalue weighted by Crippen LogP contribution is 2.23. The lowest BCUT2D eigenvalue weighted by atomic mass is 10.1. The number of amides is 1. The van der Waals surface area contributed by atoms with Crippen molar-refractivity contribution in [2.24, 2.45) is 0 Å². The van der Waals surface area contributed by atoms with E-state index in [0.29, 0.717) is 10.7 Å². The number of non-ortho nitro benzene ring substituents is 1. The van der Waals surface area contributed by atoms with Gasteiger partial charge >= 0.3 is 5.97 Å². The Hall–Kier alpha value is -3.13. The highest BCUT2D eigenvalue weighted by Gasteiger charge is 2.22. The summed E-state index contributed by atoms with van der Waals surface area (Å²) in [5, 5.41) is 16.8. The van der Waals surface area contributed by atoms with Crippen molar-refractivity contribution in [1.82, 2.24) is 5.32 Å². The first-order chi connectivity index (χ1) is 12.8. The molecule has 142 valence electrons. The van der Waals surface area contributed by atoms with E-state index in [2.05, 4.69) is 10.6 Å². The Kier molecular flexibility index (Phi) is 6.73. The molecule has 0 aliphatic rings. The third-order valence-corrected chi connectivity index (χ3v) is 4.14. The molecule has 27 heavy (non-hydrogen) atoms. The minimum Gasteiger partial charge on any atom is -0.449 e. The third kappa shape index (κ3) is 5.18. The van der Waals surface area contributed by atoms with Crippen LogP contribution < -0.4 is 10.6 Å². The van der Waals surface area contributed by atoms with Crippen molar-refractivity contribution in [2.45, 2.75) is 19.6 Å². The van der Waals surface area contributed by atoms with Gasteiger partial charge in [0.25, 0.3) is 11.6 Å². The van der Waals surface area contributed by atoms with Crippen molar-refractivity contribution in [3.05, 3.63) is 68.7 Å². The molecular weight excluding hydrogens is 374 g/mol. The summed E-state index contributed by atoms with van der Waals surface area (Å²) in [7, 11) is 1.57. The molecule has 0 spiro atoms. The molecule has 2 aromatic carbocycles. The van der Waals surface area contributed by atoms with Crippen molar-refractivity contribution in [1.29, 1.82) is 0 Å². The van der Waals surface area contributed by atoms with Crippen LogP contribution >= 0.6 is 11.6 Å². The number of carbonyl (C=O) groups is 2. The summed E-state index contributed by atoms with van der Waals surface area (Å²) in [6, 6.07) is 10.8. The number of carbonyl (C=O) groups excluding carboxylic acids is 2. The number of esters is 1. The van der Waals surface area contributed by atoms with Gasteiger partial charge in [-0.25, -0.2) is 4.79 Å². The van der Waals surface area contributed by atoms with E-state index < -0.39 is 22.9 Å². The van der Waals surface area contributed by atoms with Gasteiger partial charge in [-0.3, -0.25) is 14.9 Å². The summed E-state index contributed by atoms with van der Waals surface area (Å²) >= 11 is 6.03. The molecule has 0 aliphatic heterocycles. The summed E-state index contributed by atoms with van der Waals surface area (Å²) < 4.78 is 5.15. The molecule has 1 atom stereocenters. The summed E-state index contributed by atoms with van der Waals surface area (Å²) in [6.07, 6.45) is -1.09. The van der Waals surface area contributed by atoms with Crippen molar-refractivity contribution in [3.63, 3.8) is 0 Å². The van der Waals surface area contributed by atoms with Gasteiger partial charge in [-0.2, -0.15) is 0 Å². The Morgan fingerprint density at radius 1 is 1.26 bits per heavy atom. The van der Waals surface area contributed by atoms with Crippen LogP contribution in [-0.4, -0.2) is 30.0 Å². The maximum Gasteiger partial charge on any atom is 0.341 e. The minimum atomic E-state index is -1.09. The Labute approximate surface area is 160 Å². The molecule has 1 amide bonds. The van der Waals surface area contributed by atoms with E-state index in [1.165, 1.54) is 19.1 Å². The fraction of sp³-hybridized carbons (Fsp3) is 0.222. The average molecular weight is 392 g/mol. The van der Waals surface area contributed by atoms with Crippen molar-refractivity contribution in [3.8, 4) is 0 Å². The monoisotopic (exact) mass is 391 g/mol. The highest BCUT2D eigenvalue weighted by atomic mass is 35.5. The number of nitrogens with zero attached hydrogens (tertiary/aromatic N) is 1. The number of benzene rings is 2. The average Bonchev–Trinajstić information content (AvgIpc) is 2.66. The first kappa shape index (κ1) is 20.2. The van der Waals surface area contributed by atoms with Gasteiger partial charge in [0, 0.05) is 36.4 Å². The Morgan fingerprint density at radius 2 is 1.96 bits per heavy atom. The largest absolute Gasteiger partial charge is 0.449 e. The Morgan fingerprint density at radius 3 is 2.59 bits per heavy atom. The Bertz CT molecular complexity index is 872. The van der Waals surface area contributed by atoms with E-state index in [-0.39, 0.29) is 17.8 Å². The molecule has 2 aromatic rings. The van der Waals surface area contributed by atoms with Crippen LogP contribution in [0, 0.1) is 10.1 Å². The van der Waals surface area contributed by atoms with Crippen molar-refractivity contribution in [2.75, 3.05) is 12.4 Å². The van der Waals surface area contributed by atoms with E-state index in [4.69, 9.17) is 16.3 Å². The SMILES string of the molecule is CNc1ccc([N+](=O)[O-])cc1C(=O)O[C@H](C)C(=O)NCc1ccccc1Cl. The molecule has 0 fully saturated rings. The predicted molar refractivity (Wildman–Crippen MR) is 101 cm³/mol. The Balaban J connectivity index is 2.04. The maximum absolute atomic E-state index is 12.4. The second kappa shape index (κ2) is 9.00. The topological polar surface area (TPSA) is 111 Å². The van der Waals surface area contributed by atoms with Crippen LogP contribution in [0.1, 0.15) is 22.8 Å². The molecule has 0 saturated heterocycles. The number of nitro groups is 1. The van der Waals surface area contributed by atoms with Gasteiger partial charge in [0.2, 0.25) is 0 Å². The van der Waals surface area contributed by atoms with E-state index in [9.17, 15) is 19.7 Å². The van der Waals surface area contributed by atoms with Crippen LogP contribution in [0.3, 0.4) is 0 Å². The normalized spacial score (nSPS) is 11.4. The fourth-order valence-electron chi connectivity index (χ4n) is 2.28. The number of anilines is 1. The lowest BCUT2D eigenvalue weighted by Crippen LogP contribution is -2.35. The maximum atomic E-state index is 12.4. The molecule has 8 nitrogen and oxygen atoms in total. The van der Waals surface area contributed by atoms with E-state index in [0.717, 1.165) is 11.6 Å². The second-order valence-electron chi connectivity index (χ2n) is 5.59.